The lowest BCUT2D eigenvalue weighted by molar-refractivity contribution is 0.359. The van der Waals surface area contributed by atoms with Crippen LogP contribution in [0.5, 0.6) is 0 Å². The van der Waals surface area contributed by atoms with Gasteiger partial charge in [-0.25, -0.2) is 4.98 Å². The summed E-state index contributed by atoms with van der Waals surface area (Å²) in [4.78, 5) is 20.3. The molecular weight excluding hydrogens is 402 g/mol. The van der Waals surface area contributed by atoms with E-state index in [1.165, 1.54) is 0 Å². The molecule has 0 aliphatic heterocycles. The molecule has 0 saturated carbocycles. The topological polar surface area (TPSA) is 57.8 Å². The summed E-state index contributed by atoms with van der Waals surface area (Å²) in [5.74, 6) is 6.99. The van der Waals surface area contributed by atoms with Crippen LogP contribution in [0.3, 0.4) is 0 Å². The van der Waals surface area contributed by atoms with E-state index < -0.39 is 0 Å². The van der Waals surface area contributed by atoms with Crippen molar-refractivity contribution in [1.82, 2.24) is 9.97 Å². The number of pyridine rings is 2. The van der Waals surface area contributed by atoms with Crippen LogP contribution in [0, 0.1) is 17.3 Å². The van der Waals surface area contributed by atoms with Gasteiger partial charge in [-0.15, -0.1) is 0 Å². The lowest BCUT2D eigenvalue weighted by Gasteiger charge is -2.29. The largest absolute Gasteiger partial charge is 0.367 e. The van der Waals surface area contributed by atoms with Crippen molar-refractivity contribution in [1.29, 1.82) is 0 Å². The average Bonchev–Trinajstić information content (AvgIpc) is 2.60. The van der Waals surface area contributed by atoms with Crippen molar-refractivity contribution in [3.05, 3.63) is 44.8 Å². The second-order valence-corrected chi connectivity index (χ2v) is 8.71. The van der Waals surface area contributed by atoms with Gasteiger partial charge >= 0.3 is 0 Å². The van der Waals surface area contributed by atoms with E-state index in [4.69, 9.17) is 4.98 Å². The highest BCUT2D eigenvalue weighted by molar-refractivity contribution is 9.10. The fourth-order valence-electron chi connectivity index (χ4n) is 2.80. The number of aromatic amines is 1. The lowest BCUT2D eigenvalue weighted by Crippen LogP contribution is -2.31. The molecule has 2 aromatic heterocycles. The van der Waals surface area contributed by atoms with Crippen LogP contribution in [0.25, 0.3) is 21.7 Å². The van der Waals surface area contributed by atoms with Gasteiger partial charge in [0.15, 0.2) is 0 Å². The number of rotatable bonds is 2. The van der Waals surface area contributed by atoms with Crippen molar-refractivity contribution in [2.75, 3.05) is 5.32 Å². The summed E-state index contributed by atoms with van der Waals surface area (Å²) in [6.45, 7) is 10.7. The first kappa shape index (κ1) is 19.4. The molecule has 0 fully saturated rings. The first-order valence-electron chi connectivity index (χ1n) is 9.12. The van der Waals surface area contributed by atoms with E-state index in [1.807, 2.05) is 25.1 Å². The summed E-state index contributed by atoms with van der Waals surface area (Å²) in [7, 11) is 0. The van der Waals surface area contributed by atoms with Gasteiger partial charge in [-0.1, -0.05) is 55.5 Å². The standard InChI is InChI=1S/C22H24BrN3O/c1-6-7-8-14-12-24-21(27)18-17-11-15(23)9-10-16(17)20(26-19(14)18)25-13(2)22(3,4)5/h9-13H,6H2,1-5H3,(H,24,27)(H,25,26). The molecule has 0 radical (unpaired) electrons. The third kappa shape index (κ3) is 3.86. The van der Waals surface area contributed by atoms with Gasteiger partial charge in [-0.05, 0) is 30.5 Å². The zero-order valence-electron chi connectivity index (χ0n) is 16.3. The van der Waals surface area contributed by atoms with Crippen molar-refractivity contribution in [2.45, 2.75) is 47.1 Å². The first-order chi connectivity index (χ1) is 12.7. The number of hydrogen-bond acceptors (Lipinski definition) is 3. The van der Waals surface area contributed by atoms with E-state index in [0.717, 1.165) is 33.0 Å². The van der Waals surface area contributed by atoms with Gasteiger partial charge in [-0.2, -0.15) is 0 Å². The van der Waals surface area contributed by atoms with E-state index in [-0.39, 0.29) is 17.0 Å². The molecule has 2 N–H and O–H groups in total. The van der Waals surface area contributed by atoms with Gasteiger partial charge in [0.05, 0.1) is 16.5 Å². The Bertz CT molecular complexity index is 1130. The third-order valence-corrected chi connectivity index (χ3v) is 5.34. The molecule has 4 nitrogen and oxygen atoms in total. The van der Waals surface area contributed by atoms with Crippen LogP contribution in [-0.2, 0) is 0 Å². The van der Waals surface area contributed by atoms with Crippen LogP contribution >= 0.6 is 15.9 Å². The summed E-state index contributed by atoms with van der Waals surface area (Å²) in [6.07, 6.45) is 2.40. The van der Waals surface area contributed by atoms with Crippen LogP contribution < -0.4 is 10.9 Å². The normalized spacial score (nSPS) is 12.7. The fraction of sp³-hybridized carbons (Fsp3) is 0.364. The molecule has 0 aliphatic rings. The summed E-state index contributed by atoms with van der Waals surface area (Å²) in [5.41, 5.74) is 1.28. The van der Waals surface area contributed by atoms with Gasteiger partial charge < -0.3 is 10.3 Å². The Balaban J connectivity index is 2.39. The molecule has 0 spiro atoms. The van der Waals surface area contributed by atoms with Gasteiger partial charge in [-0.3, -0.25) is 4.79 Å². The average molecular weight is 426 g/mol. The SMILES string of the molecule is CCC#Cc1c[nH]c(=O)c2c1nc(NC(C)C(C)(C)C)c1ccc(Br)cc12. The minimum absolute atomic E-state index is 0.0668. The number of anilines is 1. The highest BCUT2D eigenvalue weighted by Gasteiger charge is 2.22. The number of fused-ring (bicyclic) bond motifs is 3. The summed E-state index contributed by atoms with van der Waals surface area (Å²) in [6, 6.07) is 6.13. The molecule has 2 heterocycles. The molecule has 0 bridgehead atoms. The smallest absolute Gasteiger partial charge is 0.258 e. The first-order valence-corrected chi connectivity index (χ1v) is 9.91. The Labute approximate surface area is 167 Å². The zero-order chi connectivity index (χ0) is 19.8. The maximum absolute atomic E-state index is 12.6. The van der Waals surface area contributed by atoms with E-state index in [1.54, 1.807) is 6.20 Å². The predicted molar refractivity (Wildman–Crippen MR) is 117 cm³/mol. The number of nitrogens with one attached hydrogen (secondary N) is 2. The fourth-order valence-corrected chi connectivity index (χ4v) is 3.16. The predicted octanol–water partition coefficient (Wildman–Crippen LogP) is 5.45. The molecule has 0 aliphatic carbocycles. The minimum atomic E-state index is -0.155. The maximum atomic E-state index is 12.6. The quantitative estimate of drug-likeness (QED) is 0.424. The monoisotopic (exact) mass is 425 g/mol. The van der Waals surface area contributed by atoms with Crippen LogP contribution in [0.4, 0.5) is 5.82 Å². The molecule has 0 saturated heterocycles. The molecule has 1 aromatic carbocycles. The van der Waals surface area contributed by atoms with Crippen molar-refractivity contribution in [2.24, 2.45) is 5.41 Å². The van der Waals surface area contributed by atoms with Gasteiger partial charge in [0, 0.05) is 33.9 Å². The number of halogens is 1. The van der Waals surface area contributed by atoms with Crippen LogP contribution in [0.1, 0.15) is 46.6 Å². The number of hydrogen-bond donors (Lipinski definition) is 2. The van der Waals surface area contributed by atoms with E-state index in [9.17, 15) is 4.79 Å². The Hall–Kier alpha value is -2.32. The van der Waals surface area contributed by atoms with Crippen LogP contribution in [0.15, 0.2) is 33.7 Å². The summed E-state index contributed by atoms with van der Waals surface area (Å²) < 4.78 is 0.918. The summed E-state index contributed by atoms with van der Waals surface area (Å²) in [5, 5.41) is 5.91. The van der Waals surface area contributed by atoms with Crippen molar-refractivity contribution < 1.29 is 0 Å². The summed E-state index contributed by atoms with van der Waals surface area (Å²) >= 11 is 3.53. The minimum Gasteiger partial charge on any atom is -0.367 e. The molecule has 1 unspecified atom stereocenters. The highest BCUT2D eigenvalue weighted by atomic mass is 79.9. The van der Waals surface area contributed by atoms with Gasteiger partial charge in [0.25, 0.3) is 5.56 Å². The molecule has 1 atom stereocenters. The number of H-pyrrole nitrogens is 1. The number of benzene rings is 1. The second-order valence-electron chi connectivity index (χ2n) is 7.79. The Morgan fingerprint density at radius 3 is 2.70 bits per heavy atom. The van der Waals surface area contributed by atoms with Gasteiger partial charge in [0.1, 0.15) is 5.82 Å². The molecule has 3 aromatic rings. The van der Waals surface area contributed by atoms with Crippen molar-refractivity contribution >= 4 is 43.4 Å². The molecule has 5 heteroatoms. The second kappa shape index (κ2) is 7.36. The number of aromatic nitrogens is 2. The molecule has 27 heavy (non-hydrogen) atoms. The molecular formula is C22H24BrN3O. The lowest BCUT2D eigenvalue weighted by atomic mass is 9.88. The van der Waals surface area contributed by atoms with Crippen molar-refractivity contribution in [3.63, 3.8) is 0 Å². The van der Waals surface area contributed by atoms with Crippen molar-refractivity contribution in [3.8, 4) is 11.8 Å². The Morgan fingerprint density at radius 1 is 1.30 bits per heavy atom. The molecule has 0 amide bonds. The highest BCUT2D eigenvalue weighted by Crippen LogP contribution is 2.32. The van der Waals surface area contributed by atoms with E-state index >= 15 is 0 Å². The van der Waals surface area contributed by atoms with Crippen LogP contribution in [-0.4, -0.2) is 16.0 Å². The Morgan fingerprint density at radius 2 is 2.04 bits per heavy atom. The van der Waals surface area contributed by atoms with E-state index in [0.29, 0.717) is 10.9 Å². The van der Waals surface area contributed by atoms with Gasteiger partial charge in [0.2, 0.25) is 0 Å². The third-order valence-electron chi connectivity index (χ3n) is 4.85. The van der Waals surface area contributed by atoms with E-state index in [2.05, 4.69) is 65.8 Å². The van der Waals surface area contributed by atoms with Crippen LogP contribution in [0.2, 0.25) is 0 Å². The number of nitrogens with zero attached hydrogens (tertiary/aromatic N) is 1. The Kier molecular flexibility index (Phi) is 5.30. The maximum Gasteiger partial charge on any atom is 0.258 e. The zero-order valence-corrected chi connectivity index (χ0v) is 17.9. The molecule has 3 rings (SSSR count). The molecule has 140 valence electrons.